The Morgan fingerprint density at radius 3 is 2.43 bits per heavy atom. The van der Waals surface area contributed by atoms with Gasteiger partial charge in [-0.2, -0.15) is 0 Å². The zero-order chi connectivity index (χ0) is 27.2. The molecule has 3 aliphatic heterocycles. The summed E-state index contributed by atoms with van der Waals surface area (Å²) in [4.78, 5) is 25.4. The van der Waals surface area contributed by atoms with Crippen LogP contribution in [-0.4, -0.2) is 85.8 Å². The zero-order valence-corrected chi connectivity index (χ0v) is 23.5. The van der Waals surface area contributed by atoms with E-state index in [4.69, 9.17) is 23.7 Å². The number of ether oxygens (including phenoxy) is 5. The maximum atomic E-state index is 11.7. The molecule has 0 aromatic carbocycles. The van der Waals surface area contributed by atoms with E-state index in [0.717, 1.165) is 31.3 Å². The predicted molar refractivity (Wildman–Crippen MR) is 141 cm³/mol. The average Bonchev–Trinajstić information content (AvgIpc) is 3.57. The highest BCUT2D eigenvalue weighted by atomic mass is 16.7. The topological polar surface area (TPSA) is 86.8 Å². The summed E-state index contributed by atoms with van der Waals surface area (Å²) in [6.07, 6.45) is 12.5. The minimum atomic E-state index is -0.464. The SMILES string of the molecule is CC(/C=C/[C@@H]1C[C@]2(CO2)CC(C)(C)O1)=C\CC1OCC(N(C)C(C=O)/C=C\C(C)OC(=O)C(C)C)CO1. The molecule has 0 aromatic heterocycles. The standard InChI is InChI=1S/C29H45NO7/c1-20(2)27(32)36-22(4)10-11-23(15-31)30(7)24-16-33-26(34-17-24)13-9-21(3)8-12-25-14-29(19-35-29)18-28(5,6)37-25/h8-12,15,20,22-26H,13-14,16-19H2,1-7H3/b11-10-,12-8+,21-9+/t22?,23?,24?,25-,26?,29-/m1/s1. The Morgan fingerprint density at radius 2 is 1.84 bits per heavy atom. The molecule has 0 aromatic rings. The quantitative estimate of drug-likeness (QED) is 0.133. The van der Waals surface area contributed by atoms with Crippen molar-refractivity contribution in [2.75, 3.05) is 26.9 Å². The summed E-state index contributed by atoms with van der Waals surface area (Å²) >= 11 is 0. The minimum absolute atomic E-state index is 0.0132. The predicted octanol–water partition coefficient (Wildman–Crippen LogP) is 3.99. The van der Waals surface area contributed by atoms with Gasteiger partial charge >= 0.3 is 5.97 Å². The van der Waals surface area contributed by atoms with Crippen LogP contribution in [0.4, 0.5) is 0 Å². The molecule has 4 atom stereocenters. The molecule has 3 aliphatic rings. The summed E-state index contributed by atoms with van der Waals surface area (Å²) in [6, 6.07) is -0.522. The first-order valence-electron chi connectivity index (χ1n) is 13.4. The monoisotopic (exact) mass is 519 g/mol. The van der Waals surface area contributed by atoms with E-state index < -0.39 is 12.1 Å². The summed E-state index contributed by atoms with van der Waals surface area (Å²) in [6.45, 7) is 13.4. The molecule has 208 valence electrons. The molecule has 0 radical (unpaired) electrons. The number of nitrogens with zero attached hydrogens (tertiary/aromatic N) is 1. The first kappa shape index (κ1) is 29.7. The highest BCUT2D eigenvalue weighted by Crippen LogP contribution is 2.46. The highest BCUT2D eigenvalue weighted by Gasteiger charge is 2.53. The number of epoxide rings is 1. The molecule has 3 rings (SSSR count). The van der Waals surface area contributed by atoms with Gasteiger partial charge in [0, 0.05) is 19.3 Å². The number of rotatable bonds is 11. The largest absolute Gasteiger partial charge is 0.458 e. The summed E-state index contributed by atoms with van der Waals surface area (Å²) in [5.41, 5.74) is 0.966. The Bertz CT molecular complexity index is 859. The molecule has 0 bridgehead atoms. The summed E-state index contributed by atoms with van der Waals surface area (Å²) in [5.74, 6) is -0.455. The van der Waals surface area contributed by atoms with Gasteiger partial charge in [-0.3, -0.25) is 9.69 Å². The summed E-state index contributed by atoms with van der Waals surface area (Å²) in [5, 5.41) is 0. The Balaban J connectivity index is 1.42. The lowest BCUT2D eigenvalue weighted by Gasteiger charge is -2.38. The van der Waals surface area contributed by atoms with Gasteiger partial charge in [0.25, 0.3) is 0 Å². The van der Waals surface area contributed by atoms with Gasteiger partial charge in [-0.25, -0.2) is 0 Å². The maximum Gasteiger partial charge on any atom is 0.308 e. The van der Waals surface area contributed by atoms with Crippen LogP contribution in [0.5, 0.6) is 0 Å². The summed E-state index contributed by atoms with van der Waals surface area (Å²) < 4.78 is 29.1. The normalized spacial score (nSPS) is 31.8. The van der Waals surface area contributed by atoms with Gasteiger partial charge in [0.2, 0.25) is 0 Å². The number of allylic oxidation sites excluding steroid dienone is 2. The van der Waals surface area contributed by atoms with Crippen molar-refractivity contribution >= 4 is 12.3 Å². The van der Waals surface area contributed by atoms with E-state index in [1.165, 1.54) is 0 Å². The number of aldehydes is 1. The van der Waals surface area contributed by atoms with Gasteiger partial charge in [0.1, 0.15) is 12.4 Å². The molecule has 1 spiro atoms. The van der Waals surface area contributed by atoms with Gasteiger partial charge in [-0.1, -0.05) is 43.7 Å². The van der Waals surface area contributed by atoms with E-state index >= 15 is 0 Å². The van der Waals surface area contributed by atoms with Crippen molar-refractivity contribution < 1.29 is 33.3 Å². The Kier molecular flexibility index (Phi) is 10.3. The molecule has 0 N–H and O–H groups in total. The van der Waals surface area contributed by atoms with Crippen molar-refractivity contribution in [3.8, 4) is 0 Å². The van der Waals surface area contributed by atoms with Gasteiger partial charge in [0.05, 0.1) is 55.1 Å². The van der Waals surface area contributed by atoms with Gasteiger partial charge in [0.15, 0.2) is 6.29 Å². The fraction of sp³-hybridized carbons (Fsp3) is 0.724. The second kappa shape index (κ2) is 12.8. The van der Waals surface area contributed by atoms with E-state index in [0.29, 0.717) is 19.6 Å². The van der Waals surface area contributed by atoms with E-state index in [-0.39, 0.29) is 41.5 Å². The number of carbonyl (C=O) groups is 2. The molecule has 3 fully saturated rings. The zero-order valence-electron chi connectivity index (χ0n) is 23.5. The molecule has 8 heteroatoms. The molecular formula is C29H45NO7. The molecule has 2 unspecified atom stereocenters. The lowest BCUT2D eigenvalue weighted by atomic mass is 9.85. The van der Waals surface area contributed by atoms with E-state index in [1.54, 1.807) is 32.9 Å². The van der Waals surface area contributed by atoms with Crippen molar-refractivity contribution in [2.45, 2.75) is 103 Å². The van der Waals surface area contributed by atoms with Gasteiger partial charge in [-0.15, -0.1) is 0 Å². The third-order valence-corrected chi connectivity index (χ3v) is 7.04. The fourth-order valence-electron chi connectivity index (χ4n) is 4.80. The summed E-state index contributed by atoms with van der Waals surface area (Å²) in [7, 11) is 1.87. The third kappa shape index (κ3) is 9.14. The van der Waals surface area contributed by atoms with Crippen LogP contribution < -0.4 is 0 Å². The van der Waals surface area contributed by atoms with Crippen LogP contribution in [-0.2, 0) is 33.3 Å². The molecule has 37 heavy (non-hydrogen) atoms. The molecule has 0 saturated carbocycles. The van der Waals surface area contributed by atoms with Crippen LogP contribution in [0.15, 0.2) is 36.0 Å². The van der Waals surface area contributed by atoms with Crippen LogP contribution in [0.3, 0.4) is 0 Å². The molecule has 0 aliphatic carbocycles. The molecule has 3 saturated heterocycles. The Labute approximate surface area is 222 Å². The van der Waals surface area contributed by atoms with Crippen molar-refractivity contribution in [1.82, 2.24) is 4.90 Å². The number of esters is 1. The lowest BCUT2D eigenvalue weighted by molar-refractivity contribution is -0.201. The van der Waals surface area contributed by atoms with Gasteiger partial charge < -0.3 is 28.5 Å². The number of carbonyl (C=O) groups excluding carboxylic acids is 2. The second-order valence-electron chi connectivity index (χ2n) is 11.5. The minimum Gasteiger partial charge on any atom is -0.458 e. The third-order valence-electron chi connectivity index (χ3n) is 7.04. The maximum absolute atomic E-state index is 11.7. The Hall–Kier alpha value is -1.84. The van der Waals surface area contributed by atoms with E-state index in [1.807, 2.05) is 11.9 Å². The fourth-order valence-corrected chi connectivity index (χ4v) is 4.80. The molecule has 8 nitrogen and oxygen atoms in total. The molecule has 3 heterocycles. The first-order chi connectivity index (χ1) is 17.4. The van der Waals surface area contributed by atoms with Crippen molar-refractivity contribution in [3.05, 3.63) is 36.0 Å². The van der Waals surface area contributed by atoms with Crippen molar-refractivity contribution in [1.29, 1.82) is 0 Å². The highest BCUT2D eigenvalue weighted by molar-refractivity contribution is 5.71. The van der Waals surface area contributed by atoms with E-state index in [2.05, 4.69) is 39.0 Å². The van der Waals surface area contributed by atoms with Crippen molar-refractivity contribution in [3.63, 3.8) is 0 Å². The lowest BCUT2D eigenvalue weighted by Crippen LogP contribution is -2.49. The Morgan fingerprint density at radius 1 is 1.16 bits per heavy atom. The van der Waals surface area contributed by atoms with Crippen LogP contribution in [0.25, 0.3) is 0 Å². The van der Waals surface area contributed by atoms with E-state index in [9.17, 15) is 9.59 Å². The van der Waals surface area contributed by atoms with Gasteiger partial charge in [-0.05, 0) is 40.8 Å². The first-order valence-corrected chi connectivity index (χ1v) is 13.4. The van der Waals surface area contributed by atoms with Crippen molar-refractivity contribution in [2.24, 2.45) is 5.92 Å². The number of hydrogen-bond donors (Lipinski definition) is 0. The van der Waals surface area contributed by atoms with Crippen LogP contribution >= 0.6 is 0 Å². The number of hydrogen-bond acceptors (Lipinski definition) is 8. The van der Waals surface area contributed by atoms with Crippen LogP contribution in [0.2, 0.25) is 0 Å². The average molecular weight is 520 g/mol. The second-order valence-corrected chi connectivity index (χ2v) is 11.5. The number of likely N-dealkylation sites (N-methyl/N-ethyl adjacent to an activating group) is 1. The smallest absolute Gasteiger partial charge is 0.308 e. The van der Waals surface area contributed by atoms with Crippen LogP contribution in [0, 0.1) is 5.92 Å². The molecule has 0 amide bonds. The van der Waals surface area contributed by atoms with Crippen LogP contribution in [0.1, 0.15) is 60.8 Å². The molecular weight excluding hydrogens is 474 g/mol.